The molecule has 0 aliphatic carbocycles. The number of ether oxygens (including phenoxy) is 2. The Morgan fingerprint density at radius 2 is 1.97 bits per heavy atom. The third-order valence-electron chi connectivity index (χ3n) is 4.84. The van der Waals surface area contributed by atoms with Crippen LogP contribution in [0.3, 0.4) is 0 Å². The lowest BCUT2D eigenvalue weighted by molar-refractivity contribution is -0.384. The zero-order chi connectivity index (χ0) is 24.0. The summed E-state index contributed by atoms with van der Waals surface area (Å²) in [6, 6.07) is 10.0. The zero-order valence-electron chi connectivity index (χ0n) is 18.7. The average Bonchev–Trinajstić information content (AvgIpc) is 3.07. The number of allylic oxidation sites excluding steroid dienone is 1. The number of nitrogens with zero attached hydrogens (tertiary/aromatic N) is 3. The number of non-ortho nitro benzene ring substituents is 1. The maximum Gasteiger partial charge on any atom is 0.269 e. The Kier molecular flexibility index (Phi) is 7.89. The Labute approximate surface area is 196 Å². The molecule has 0 aromatic heterocycles. The molecule has 0 N–H and O–H groups in total. The van der Waals surface area contributed by atoms with Gasteiger partial charge in [-0.25, -0.2) is 0 Å². The lowest BCUT2D eigenvalue weighted by Gasteiger charge is -2.17. The van der Waals surface area contributed by atoms with Gasteiger partial charge >= 0.3 is 0 Å². The van der Waals surface area contributed by atoms with Crippen LogP contribution >= 0.6 is 11.8 Å². The van der Waals surface area contributed by atoms with Crippen LogP contribution in [-0.2, 0) is 17.8 Å². The van der Waals surface area contributed by atoms with Gasteiger partial charge in [0.05, 0.1) is 16.4 Å². The number of carbonyl (C=O) groups is 1. The number of rotatable bonds is 9. The number of amidine groups is 1. The average molecular weight is 468 g/mol. The molecule has 0 atom stereocenters. The maximum atomic E-state index is 12.5. The molecule has 0 bridgehead atoms. The van der Waals surface area contributed by atoms with Crippen LogP contribution < -0.4 is 9.47 Å². The molecule has 1 aliphatic rings. The third-order valence-corrected chi connectivity index (χ3v) is 5.99. The second-order valence-electron chi connectivity index (χ2n) is 7.13. The first-order valence-corrected chi connectivity index (χ1v) is 11.1. The highest BCUT2D eigenvalue weighted by Gasteiger charge is 2.29. The SMILES string of the molecule is C=CCc1cc(/C=C2/SC(=NC)N(C)C2=O)cc(OCC)c1OCc1ccc([N+](=O)[O-])cc1. The summed E-state index contributed by atoms with van der Waals surface area (Å²) in [4.78, 5) is 29.2. The van der Waals surface area contributed by atoms with Gasteiger partial charge < -0.3 is 9.47 Å². The smallest absolute Gasteiger partial charge is 0.269 e. The van der Waals surface area contributed by atoms with E-state index in [1.807, 2.05) is 25.1 Å². The molecule has 0 unspecified atom stereocenters. The van der Waals surface area contributed by atoms with E-state index in [0.29, 0.717) is 34.6 Å². The van der Waals surface area contributed by atoms with Gasteiger partial charge in [-0.1, -0.05) is 6.08 Å². The molecule has 33 heavy (non-hydrogen) atoms. The molecule has 172 valence electrons. The van der Waals surface area contributed by atoms with Crippen LogP contribution in [0.1, 0.15) is 23.6 Å². The van der Waals surface area contributed by atoms with Gasteiger partial charge in [0.25, 0.3) is 11.6 Å². The van der Waals surface area contributed by atoms with Crippen molar-refractivity contribution in [1.82, 2.24) is 4.90 Å². The minimum Gasteiger partial charge on any atom is -0.490 e. The fraction of sp³-hybridized carbons (Fsp3) is 0.250. The van der Waals surface area contributed by atoms with Crippen LogP contribution in [0.2, 0.25) is 0 Å². The minimum absolute atomic E-state index is 0.0275. The van der Waals surface area contributed by atoms with Crippen molar-refractivity contribution < 1.29 is 19.2 Å². The first-order chi connectivity index (χ1) is 15.9. The van der Waals surface area contributed by atoms with Gasteiger partial charge in [0, 0.05) is 31.8 Å². The van der Waals surface area contributed by atoms with E-state index in [1.165, 1.54) is 28.8 Å². The number of amides is 1. The predicted molar refractivity (Wildman–Crippen MR) is 131 cm³/mol. The molecular weight excluding hydrogens is 442 g/mol. The maximum absolute atomic E-state index is 12.5. The van der Waals surface area contributed by atoms with Crippen LogP contribution in [0.5, 0.6) is 11.5 Å². The second-order valence-corrected chi connectivity index (χ2v) is 8.14. The molecule has 0 saturated carbocycles. The highest BCUT2D eigenvalue weighted by atomic mass is 32.2. The molecule has 2 aromatic carbocycles. The van der Waals surface area contributed by atoms with Gasteiger partial charge in [-0.15, -0.1) is 6.58 Å². The van der Waals surface area contributed by atoms with Crippen LogP contribution in [0.15, 0.2) is 59.0 Å². The fourth-order valence-electron chi connectivity index (χ4n) is 3.27. The van der Waals surface area contributed by atoms with Gasteiger partial charge in [0.2, 0.25) is 0 Å². The van der Waals surface area contributed by atoms with Gasteiger partial charge in [0.15, 0.2) is 16.7 Å². The fourth-order valence-corrected chi connectivity index (χ4v) is 4.20. The molecule has 1 amide bonds. The van der Waals surface area contributed by atoms with E-state index in [-0.39, 0.29) is 18.2 Å². The summed E-state index contributed by atoms with van der Waals surface area (Å²) in [5.74, 6) is 1.02. The van der Waals surface area contributed by atoms with E-state index in [9.17, 15) is 14.9 Å². The molecular formula is C24H25N3O5S. The van der Waals surface area contributed by atoms with E-state index in [2.05, 4.69) is 11.6 Å². The van der Waals surface area contributed by atoms with Crippen molar-refractivity contribution in [3.05, 3.63) is 80.8 Å². The van der Waals surface area contributed by atoms with E-state index in [4.69, 9.17) is 9.47 Å². The van der Waals surface area contributed by atoms with Crippen molar-refractivity contribution in [2.45, 2.75) is 20.0 Å². The van der Waals surface area contributed by atoms with Crippen LogP contribution in [-0.4, -0.2) is 41.6 Å². The summed E-state index contributed by atoms with van der Waals surface area (Å²) >= 11 is 1.32. The molecule has 3 rings (SSSR count). The standard InChI is InChI=1S/C24H25N3O5S/c1-5-7-18-12-17(14-21-23(28)26(4)24(25-3)33-21)13-20(31-6-2)22(18)32-15-16-8-10-19(11-9-16)27(29)30/h5,8-14H,1,6-7,15H2,2-4H3/b21-14+,25-24?. The molecule has 2 aromatic rings. The summed E-state index contributed by atoms with van der Waals surface area (Å²) in [6.45, 7) is 6.37. The largest absolute Gasteiger partial charge is 0.490 e. The van der Waals surface area contributed by atoms with Crippen molar-refractivity contribution in [2.24, 2.45) is 4.99 Å². The molecule has 1 heterocycles. The first-order valence-electron chi connectivity index (χ1n) is 10.3. The highest BCUT2D eigenvalue weighted by Crippen LogP contribution is 2.37. The van der Waals surface area contributed by atoms with E-state index in [0.717, 1.165) is 16.7 Å². The molecule has 8 nitrogen and oxygen atoms in total. The quantitative estimate of drug-likeness (QED) is 0.227. The molecule has 1 saturated heterocycles. The van der Waals surface area contributed by atoms with Crippen molar-refractivity contribution in [1.29, 1.82) is 0 Å². The lowest BCUT2D eigenvalue weighted by Crippen LogP contribution is -2.23. The van der Waals surface area contributed by atoms with E-state index >= 15 is 0 Å². The van der Waals surface area contributed by atoms with E-state index in [1.54, 1.807) is 32.3 Å². The number of hydrogen-bond donors (Lipinski definition) is 0. The van der Waals surface area contributed by atoms with Crippen molar-refractivity contribution in [3.8, 4) is 11.5 Å². The van der Waals surface area contributed by atoms with Crippen LogP contribution in [0.4, 0.5) is 5.69 Å². The summed E-state index contributed by atoms with van der Waals surface area (Å²) in [6.07, 6.45) is 4.12. The highest BCUT2D eigenvalue weighted by molar-refractivity contribution is 8.18. The Morgan fingerprint density at radius 1 is 1.24 bits per heavy atom. The number of thioether (sulfide) groups is 1. The number of carbonyl (C=O) groups excluding carboxylic acids is 1. The number of benzene rings is 2. The van der Waals surface area contributed by atoms with Gasteiger partial charge in [-0.2, -0.15) is 0 Å². The molecule has 0 spiro atoms. The second kappa shape index (κ2) is 10.8. The van der Waals surface area contributed by atoms with Gasteiger partial charge in [0.1, 0.15) is 6.61 Å². The summed E-state index contributed by atoms with van der Waals surface area (Å²) in [5.41, 5.74) is 2.48. The topological polar surface area (TPSA) is 94.3 Å². The number of aliphatic imine (C=N–C) groups is 1. The van der Waals surface area contributed by atoms with E-state index < -0.39 is 4.92 Å². The number of likely N-dealkylation sites (N-methyl/N-ethyl adjacent to an activating group) is 1. The normalized spacial score (nSPS) is 15.8. The Balaban J connectivity index is 1.93. The lowest BCUT2D eigenvalue weighted by atomic mass is 10.0. The zero-order valence-corrected chi connectivity index (χ0v) is 19.6. The number of nitro groups is 1. The Morgan fingerprint density at radius 3 is 2.55 bits per heavy atom. The number of hydrogen-bond acceptors (Lipinski definition) is 7. The molecule has 0 radical (unpaired) electrons. The molecule has 1 fully saturated rings. The minimum atomic E-state index is -0.437. The Hall–Kier alpha value is -3.59. The molecule has 1 aliphatic heterocycles. The van der Waals surface area contributed by atoms with Crippen molar-refractivity contribution in [3.63, 3.8) is 0 Å². The van der Waals surface area contributed by atoms with Gasteiger partial charge in [-0.05, 0) is 66.6 Å². The number of nitro benzene ring substituents is 1. The first kappa shape index (κ1) is 24.1. The summed E-state index contributed by atoms with van der Waals surface area (Å²) in [7, 11) is 3.35. The van der Waals surface area contributed by atoms with Gasteiger partial charge in [-0.3, -0.25) is 24.8 Å². The summed E-state index contributed by atoms with van der Waals surface area (Å²) < 4.78 is 11.9. The Bertz CT molecular complexity index is 1130. The van der Waals surface area contributed by atoms with Crippen LogP contribution in [0.25, 0.3) is 6.08 Å². The van der Waals surface area contributed by atoms with Crippen LogP contribution in [0, 0.1) is 10.1 Å². The summed E-state index contributed by atoms with van der Waals surface area (Å²) in [5, 5.41) is 11.5. The predicted octanol–water partition coefficient (Wildman–Crippen LogP) is 4.83. The van der Waals surface area contributed by atoms with Crippen molar-refractivity contribution >= 4 is 34.6 Å². The third kappa shape index (κ3) is 5.61. The molecule has 9 heteroatoms. The monoisotopic (exact) mass is 467 g/mol. The van der Waals surface area contributed by atoms with Crippen molar-refractivity contribution in [2.75, 3.05) is 20.7 Å².